The van der Waals surface area contributed by atoms with Gasteiger partial charge in [-0.3, -0.25) is 9.59 Å². The van der Waals surface area contributed by atoms with Crippen molar-refractivity contribution in [1.29, 1.82) is 0 Å². The van der Waals surface area contributed by atoms with E-state index in [1.54, 1.807) is 11.8 Å². The Bertz CT molecular complexity index is 1120. The van der Waals surface area contributed by atoms with E-state index in [0.29, 0.717) is 23.1 Å². The maximum absolute atomic E-state index is 13.2. The largest absolute Gasteiger partial charge is 0.467 e. The van der Waals surface area contributed by atoms with Crippen molar-refractivity contribution in [3.8, 4) is 0 Å². The van der Waals surface area contributed by atoms with Crippen LogP contribution in [0.25, 0.3) is 10.9 Å². The van der Waals surface area contributed by atoms with Crippen LogP contribution in [0.3, 0.4) is 0 Å². The molecule has 3 heterocycles. The van der Waals surface area contributed by atoms with Crippen LogP contribution in [0.5, 0.6) is 0 Å². The maximum Gasteiger partial charge on any atom is 0.333 e. The van der Waals surface area contributed by atoms with Crippen LogP contribution in [0.15, 0.2) is 47.6 Å². The summed E-state index contributed by atoms with van der Waals surface area (Å²) in [5.74, 6) is -1.68. The van der Waals surface area contributed by atoms with E-state index in [1.807, 2.05) is 24.3 Å². The lowest BCUT2D eigenvalue weighted by atomic mass is 9.74. The minimum Gasteiger partial charge on any atom is -0.467 e. The van der Waals surface area contributed by atoms with E-state index in [0.717, 1.165) is 22.2 Å². The first-order chi connectivity index (χ1) is 12.9. The molecule has 1 aliphatic carbocycles. The molecule has 27 heavy (non-hydrogen) atoms. The highest BCUT2D eigenvalue weighted by Crippen LogP contribution is 2.54. The van der Waals surface area contributed by atoms with E-state index in [1.165, 1.54) is 7.11 Å². The number of H-pyrrole nitrogens is 1. The number of nitrogens with zero attached hydrogens (tertiary/aromatic N) is 1. The van der Waals surface area contributed by atoms with Gasteiger partial charge in [0, 0.05) is 39.7 Å². The summed E-state index contributed by atoms with van der Waals surface area (Å²) in [4.78, 5) is 43.8. The van der Waals surface area contributed by atoms with Crippen molar-refractivity contribution < 1.29 is 19.1 Å². The Morgan fingerprint density at radius 1 is 1.33 bits per heavy atom. The Morgan fingerprint density at radius 3 is 2.81 bits per heavy atom. The lowest BCUT2D eigenvalue weighted by Gasteiger charge is -2.42. The molecule has 2 unspecified atom stereocenters. The number of carbonyl (C=O) groups excluding carboxylic acids is 3. The van der Waals surface area contributed by atoms with Gasteiger partial charge in [0.05, 0.1) is 19.6 Å². The maximum atomic E-state index is 13.2. The van der Waals surface area contributed by atoms with E-state index in [-0.39, 0.29) is 18.2 Å². The quantitative estimate of drug-likeness (QED) is 0.622. The molecule has 1 fully saturated rings. The van der Waals surface area contributed by atoms with Crippen molar-refractivity contribution >= 4 is 28.6 Å². The Morgan fingerprint density at radius 2 is 2.07 bits per heavy atom. The van der Waals surface area contributed by atoms with E-state index in [2.05, 4.69) is 11.6 Å². The van der Waals surface area contributed by atoms with Crippen molar-refractivity contribution in [2.45, 2.75) is 25.4 Å². The molecule has 6 nitrogen and oxygen atoms in total. The molecular formula is C21H18N2O4. The van der Waals surface area contributed by atoms with E-state index < -0.39 is 17.4 Å². The van der Waals surface area contributed by atoms with Gasteiger partial charge in [0.25, 0.3) is 5.91 Å². The molecule has 3 aliphatic rings. The summed E-state index contributed by atoms with van der Waals surface area (Å²) in [6, 6.07) is 7.85. The lowest BCUT2D eigenvalue weighted by Crippen LogP contribution is -2.59. The zero-order valence-corrected chi connectivity index (χ0v) is 15.1. The third-order valence-corrected chi connectivity index (χ3v) is 6.31. The molecule has 1 aromatic carbocycles. The topological polar surface area (TPSA) is 79.5 Å². The van der Waals surface area contributed by atoms with Crippen LogP contribution in [0, 0.1) is 5.92 Å². The predicted octanol–water partition coefficient (Wildman–Crippen LogP) is 2.05. The number of para-hydroxylation sites is 1. The molecule has 0 bridgehead atoms. The summed E-state index contributed by atoms with van der Waals surface area (Å²) in [5, 5.41) is 1.02. The Hall–Kier alpha value is -3.15. The van der Waals surface area contributed by atoms with Crippen molar-refractivity contribution in [2.24, 2.45) is 5.92 Å². The summed E-state index contributed by atoms with van der Waals surface area (Å²) in [7, 11) is 1.32. The summed E-state index contributed by atoms with van der Waals surface area (Å²) in [5.41, 5.74) is 2.69. The van der Waals surface area contributed by atoms with Gasteiger partial charge in [-0.2, -0.15) is 0 Å². The van der Waals surface area contributed by atoms with Crippen molar-refractivity contribution in [1.82, 2.24) is 9.88 Å². The van der Waals surface area contributed by atoms with E-state index in [9.17, 15) is 14.4 Å². The molecular weight excluding hydrogens is 344 g/mol. The number of hydrogen-bond donors (Lipinski definition) is 1. The first-order valence-electron chi connectivity index (χ1n) is 8.85. The molecule has 1 N–H and O–H groups in total. The zero-order chi connectivity index (χ0) is 19.1. The average Bonchev–Trinajstić information content (AvgIpc) is 3.24. The van der Waals surface area contributed by atoms with Crippen molar-refractivity contribution in [3.05, 3.63) is 58.8 Å². The Labute approximate surface area is 155 Å². The fourth-order valence-corrected chi connectivity index (χ4v) is 5.09. The second kappa shape index (κ2) is 4.97. The van der Waals surface area contributed by atoms with Gasteiger partial charge in [-0.05, 0) is 18.6 Å². The van der Waals surface area contributed by atoms with Crippen LogP contribution in [0.2, 0.25) is 0 Å². The van der Waals surface area contributed by atoms with Crippen molar-refractivity contribution in [3.63, 3.8) is 0 Å². The molecule has 1 saturated heterocycles. The van der Waals surface area contributed by atoms with Crippen LogP contribution in [-0.4, -0.2) is 40.2 Å². The smallest absolute Gasteiger partial charge is 0.333 e. The fourth-order valence-electron chi connectivity index (χ4n) is 5.09. The molecule has 1 aromatic heterocycles. The molecule has 6 heteroatoms. The third kappa shape index (κ3) is 1.68. The number of carbonyl (C=O) groups is 3. The number of aromatic nitrogens is 1. The number of Topliss-reactive ketones (excluding diaryl/α,β-unsaturated/α-hetero) is 1. The zero-order valence-electron chi connectivity index (χ0n) is 15.1. The van der Waals surface area contributed by atoms with Gasteiger partial charge < -0.3 is 14.6 Å². The monoisotopic (exact) mass is 362 g/mol. The van der Waals surface area contributed by atoms with Crippen LogP contribution in [0.4, 0.5) is 0 Å². The average molecular weight is 362 g/mol. The number of allylic oxidation sites excluding steroid dienone is 1. The van der Waals surface area contributed by atoms with E-state index in [4.69, 9.17) is 4.74 Å². The molecule has 2 aromatic rings. The highest BCUT2D eigenvalue weighted by Gasteiger charge is 2.67. The van der Waals surface area contributed by atoms with Crippen LogP contribution in [-0.2, 0) is 32.1 Å². The predicted molar refractivity (Wildman–Crippen MR) is 97.6 cm³/mol. The van der Waals surface area contributed by atoms with E-state index >= 15 is 0 Å². The number of ether oxygens (including phenoxy) is 1. The molecule has 0 saturated carbocycles. The van der Waals surface area contributed by atoms with Crippen LogP contribution in [0.1, 0.15) is 18.2 Å². The molecule has 1 amide bonds. The summed E-state index contributed by atoms with van der Waals surface area (Å²) in [6.07, 6.45) is 0.290. The minimum absolute atomic E-state index is 0.240. The number of esters is 1. The van der Waals surface area contributed by atoms with Gasteiger partial charge in [-0.25, -0.2) is 4.79 Å². The first-order valence-corrected chi connectivity index (χ1v) is 8.85. The normalized spacial score (nSPS) is 26.5. The number of ketones is 1. The third-order valence-electron chi connectivity index (χ3n) is 6.31. The summed E-state index contributed by atoms with van der Waals surface area (Å²) < 4.78 is 5.16. The first kappa shape index (κ1) is 16.1. The molecule has 2 atom stereocenters. The SMILES string of the molecule is C=C1C(=O)C(C)=C2C(=O)N3Cc4[nH]c5ccccc5c4CC3(C(=O)OC)C12. The second-order valence-electron chi connectivity index (χ2n) is 7.44. The van der Waals surface area contributed by atoms with Crippen molar-refractivity contribution in [2.75, 3.05) is 7.11 Å². The number of methoxy groups -OCH3 is 1. The number of amides is 1. The number of rotatable bonds is 1. The van der Waals surface area contributed by atoms with Gasteiger partial charge in [0.1, 0.15) is 0 Å². The molecule has 5 rings (SSSR count). The highest BCUT2D eigenvalue weighted by atomic mass is 16.5. The molecule has 0 spiro atoms. The van der Waals surface area contributed by atoms with Crippen LogP contribution >= 0.6 is 0 Å². The van der Waals surface area contributed by atoms with Gasteiger partial charge in [-0.15, -0.1) is 0 Å². The van der Waals surface area contributed by atoms with Gasteiger partial charge >= 0.3 is 5.97 Å². The number of aromatic amines is 1. The molecule has 2 aliphatic heterocycles. The standard InChI is InChI=1S/C21H18N2O4/c1-10-16-17(11(2)18(10)24)21(20(26)27-3)8-13-12-6-4-5-7-14(12)22-15(13)9-23(21)19(16)25/h4-7,17,22H,2,8-9H2,1,3H3. The molecule has 0 radical (unpaired) electrons. The van der Waals surface area contributed by atoms with Gasteiger partial charge in [0.2, 0.25) is 0 Å². The fraction of sp³-hybridized carbons (Fsp3) is 0.286. The van der Waals surface area contributed by atoms with Crippen LogP contribution < -0.4 is 0 Å². The Balaban J connectivity index is 1.79. The van der Waals surface area contributed by atoms with Gasteiger partial charge in [0.15, 0.2) is 11.3 Å². The second-order valence-corrected chi connectivity index (χ2v) is 7.44. The Kier molecular flexibility index (Phi) is 2.96. The number of hydrogen-bond acceptors (Lipinski definition) is 4. The lowest BCUT2D eigenvalue weighted by molar-refractivity contribution is -0.160. The van der Waals surface area contributed by atoms with Gasteiger partial charge in [-0.1, -0.05) is 24.8 Å². The number of benzene rings is 1. The highest BCUT2D eigenvalue weighted by molar-refractivity contribution is 6.22. The minimum atomic E-state index is -1.26. The summed E-state index contributed by atoms with van der Waals surface area (Å²) in [6.45, 7) is 5.84. The molecule has 136 valence electrons. The summed E-state index contributed by atoms with van der Waals surface area (Å²) >= 11 is 0. The number of nitrogens with one attached hydrogen (secondary N) is 1. The number of fused-ring (bicyclic) bond motifs is 6.